The first-order valence-corrected chi connectivity index (χ1v) is 5.37. The molecule has 0 atom stereocenters. The lowest BCUT2D eigenvalue weighted by Crippen LogP contribution is -2.03. The Morgan fingerprint density at radius 1 is 1.33 bits per heavy atom. The Kier molecular flexibility index (Phi) is 4.10. The van der Waals surface area contributed by atoms with E-state index in [9.17, 15) is 4.79 Å². The molecule has 0 aliphatic rings. The number of hydrogen-bond acceptors (Lipinski definition) is 1. The molecule has 1 rings (SSSR count). The van der Waals surface area contributed by atoms with E-state index in [1.165, 1.54) is 0 Å². The molecule has 0 bridgehead atoms. The third-order valence-corrected chi connectivity index (χ3v) is 2.59. The van der Waals surface area contributed by atoms with Crippen molar-refractivity contribution in [3.8, 4) is 0 Å². The lowest BCUT2D eigenvalue weighted by Gasteiger charge is -2.08. The maximum atomic E-state index is 11.4. The molecule has 1 nitrogen and oxygen atoms in total. The van der Waals surface area contributed by atoms with E-state index in [2.05, 4.69) is 0 Å². The van der Waals surface area contributed by atoms with Crippen molar-refractivity contribution in [2.75, 3.05) is 0 Å². The third kappa shape index (κ3) is 3.21. The fourth-order valence-corrected chi connectivity index (χ4v) is 1.62. The van der Waals surface area contributed by atoms with Crippen molar-refractivity contribution in [3.63, 3.8) is 0 Å². The van der Waals surface area contributed by atoms with Gasteiger partial charge < -0.3 is 0 Å². The van der Waals surface area contributed by atoms with E-state index in [1.54, 1.807) is 6.92 Å². The molecule has 0 aliphatic carbocycles. The molecule has 0 fully saturated rings. The lowest BCUT2D eigenvalue weighted by molar-refractivity contribution is -0.113. The van der Waals surface area contributed by atoms with Gasteiger partial charge in [-0.3, -0.25) is 4.79 Å². The first-order valence-electron chi connectivity index (χ1n) is 4.99. The molecule has 1 aromatic carbocycles. The van der Waals surface area contributed by atoms with Crippen LogP contribution in [0.3, 0.4) is 0 Å². The summed E-state index contributed by atoms with van der Waals surface area (Å²) >= 11 is 6.02. The van der Waals surface area contributed by atoms with Crippen LogP contribution in [0, 0.1) is 5.92 Å². The minimum atomic E-state index is 0.102. The summed E-state index contributed by atoms with van der Waals surface area (Å²) in [6.45, 7) is 5.59. The summed E-state index contributed by atoms with van der Waals surface area (Å²) < 4.78 is 0. The van der Waals surface area contributed by atoms with Crippen molar-refractivity contribution in [2.24, 2.45) is 5.92 Å². The van der Waals surface area contributed by atoms with E-state index in [-0.39, 0.29) is 11.7 Å². The summed E-state index contributed by atoms with van der Waals surface area (Å²) in [7, 11) is 0. The summed E-state index contributed by atoms with van der Waals surface area (Å²) in [5.41, 5.74) is 1.71. The Balaban J connectivity index is 3.14. The van der Waals surface area contributed by atoms with E-state index in [0.29, 0.717) is 5.02 Å². The molecule has 0 heterocycles. The van der Waals surface area contributed by atoms with Crippen molar-refractivity contribution < 1.29 is 4.79 Å². The molecule has 0 radical (unpaired) electrons. The molecule has 0 aliphatic heterocycles. The highest BCUT2D eigenvalue weighted by Crippen LogP contribution is 2.21. The average molecular weight is 223 g/mol. The summed E-state index contributed by atoms with van der Waals surface area (Å²) in [6.07, 6.45) is 1.87. The molecule has 0 N–H and O–H groups in total. The highest BCUT2D eigenvalue weighted by molar-refractivity contribution is 6.32. The van der Waals surface area contributed by atoms with Gasteiger partial charge in [0.15, 0.2) is 5.78 Å². The Morgan fingerprint density at radius 2 is 1.93 bits per heavy atom. The summed E-state index contributed by atoms with van der Waals surface area (Å²) in [4.78, 5) is 11.4. The van der Waals surface area contributed by atoms with Gasteiger partial charge in [-0.15, -0.1) is 0 Å². The van der Waals surface area contributed by atoms with E-state index < -0.39 is 0 Å². The van der Waals surface area contributed by atoms with Crippen LogP contribution in [-0.2, 0) is 4.79 Å². The molecular formula is C13H15ClO. The van der Waals surface area contributed by atoms with Gasteiger partial charge in [0.25, 0.3) is 0 Å². The van der Waals surface area contributed by atoms with Crippen molar-refractivity contribution in [1.82, 2.24) is 0 Å². The van der Waals surface area contributed by atoms with Gasteiger partial charge in [0, 0.05) is 5.02 Å². The minimum Gasteiger partial charge on any atom is -0.295 e. The summed E-state index contributed by atoms with van der Waals surface area (Å²) in [5, 5.41) is 0.678. The van der Waals surface area contributed by atoms with Crippen LogP contribution >= 0.6 is 11.6 Å². The first kappa shape index (κ1) is 12.0. The Bertz CT molecular complexity index is 391. The molecule has 0 saturated heterocycles. The molecule has 0 aromatic heterocycles. The molecule has 0 spiro atoms. The molecular weight excluding hydrogens is 208 g/mol. The predicted molar refractivity (Wildman–Crippen MR) is 64.9 cm³/mol. The maximum Gasteiger partial charge on any atom is 0.156 e. The van der Waals surface area contributed by atoms with Gasteiger partial charge in [0.1, 0.15) is 0 Å². The van der Waals surface area contributed by atoms with Gasteiger partial charge >= 0.3 is 0 Å². The van der Waals surface area contributed by atoms with Crippen molar-refractivity contribution in [2.45, 2.75) is 20.8 Å². The number of rotatable bonds is 3. The SMILES string of the molecule is CC(=O)/C(=C/c1ccccc1Cl)C(C)C. The van der Waals surface area contributed by atoms with E-state index in [1.807, 2.05) is 44.2 Å². The number of carbonyl (C=O) groups excluding carboxylic acids is 1. The number of benzene rings is 1. The average Bonchev–Trinajstić information content (AvgIpc) is 2.15. The number of halogens is 1. The minimum absolute atomic E-state index is 0.102. The molecule has 80 valence electrons. The van der Waals surface area contributed by atoms with Crippen LogP contribution in [0.4, 0.5) is 0 Å². The van der Waals surface area contributed by atoms with Crippen molar-refractivity contribution >= 4 is 23.5 Å². The van der Waals surface area contributed by atoms with Gasteiger partial charge in [-0.05, 0) is 36.1 Å². The zero-order valence-electron chi connectivity index (χ0n) is 9.25. The monoisotopic (exact) mass is 222 g/mol. The highest BCUT2D eigenvalue weighted by atomic mass is 35.5. The number of hydrogen-bond donors (Lipinski definition) is 0. The molecule has 0 amide bonds. The van der Waals surface area contributed by atoms with Gasteiger partial charge in [-0.2, -0.15) is 0 Å². The standard InChI is InChI=1S/C13H15ClO/c1-9(2)12(10(3)15)8-11-6-4-5-7-13(11)14/h4-9H,1-3H3/b12-8+. The maximum absolute atomic E-state index is 11.4. The van der Waals surface area contributed by atoms with Crippen LogP contribution in [0.2, 0.25) is 5.02 Å². The topological polar surface area (TPSA) is 17.1 Å². The van der Waals surface area contributed by atoms with Crippen LogP contribution in [0.5, 0.6) is 0 Å². The van der Waals surface area contributed by atoms with Gasteiger partial charge in [-0.25, -0.2) is 0 Å². The van der Waals surface area contributed by atoms with Gasteiger partial charge in [0.05, 0.1) is 0 Å². The number of ketones is 1. The Labute approximate surface area is 95.8 Å². The zero-order chi connectivity index (χ0) is 11.4. The Morgan fingerprint density at radius 3 is 2.40 bits per heavy atom. The van der Waals surface area contributed by atoms with E-state index in [4.69, 9.17) is 11.6 Å². The number of carbonyl (C=O) groups is 1. The lowest BCUT2D eigenvalue weighted by atomic mass is 9.97. The van der Waals surface area contributed by atoms with E-state index >= 15 is 0 Å². The smallest absolute Gasteiger partial charge is 0.156 e. The predicted octanol–water partition coefficient (Wildman–Crippen LogP) is 3.97. The number of Topliss-reactive ketones (excluding diaryl/α,β-unsaturated/α-hetero) is 1. The second-order valence-electron chi connectivity index (χ2n) is 3.83. The second kappa shape index (κ2) is 5.13. The zero-order valence-corrected chi connectivity index (χ0v) is 10.0. The molecule has 0 saturated carbocycles. The van der Waals surface area contributed by atoms with Crippen LogP contribution < -0.4 is 0 Å². The van der Waals surface area contributed by atoms with Crippen molar-refractivity contribution in [3.05, 3.63) is 40.4 Å². The fraction of sp³-hybridized carbons (Fsp3) is 0.308. The van der Waals surface area contributed by atoms with Crippen LogP contribution in [-0.4, -0.2) is 5.78 Å². The third-order valence-electron chi connectivity index (χ3n) is 2.24. The van der Waals surface area contributed by atoms with E-state index in [0.717, 1.165) is 11.1 Å². The molecule has 15 heavy (non-hydrogen) atoms. The quantitative estimate of drug-likeness (QED) is 0.708. The first-order chi connectivity index (χ1) is 7.02. The van der Waals surface area contributed by atoms with Gasteiger partial charge in [-0.1, -0.05) is 43.6 Å². The highest BCUT2D eigenvalue weighted by Gasteiger charge is 2.09. The van der Waals surface area contributed by atoms with Gasteiger partial charge in [0.2, 0.25) is 0 Å². The Hall–Kier alpha value is -1.08. The molecule has 0 unspecified atom stereocenters. The molecule has 1 aromatic rings. The largest absolute Gasteiger partial charge is 0.295 e. The van der Waals surface area contributed by atoms with Crippen molar-refractivity contribution in [1.29, 1.82) is 0 Å². The number of allylic oxidation sites excluding steroid dienone is 1. The van der Waals surface area contributed by atoms with Crippen LogP contribution in [0.1, 0.15) is 26.3 Å². The van der Waals surface area contributed by atoms with Crippen LogP contribution in [0.25, 0.3) is 6.08 Å². The summed E-state index contributed by atoms with van der Waals surface area (Å²) in [6, 6.07) is 7.53. The second-order valence-corrected chi connectivity index (χ2v) is 4.24. The summed E-state index contributed by atoms with van der Waals surface area (Å²) in [5.74, 6) is 0.323. The van der Waals surface area contributed by atoms with Crippen LogP contribution in [0.15, 0.2) is 29.8 Å². The molecule has 2 heteroatoms. The normalized spacial score (nSPS) is 11.9. The fourth-order valence-electron chi connectivity index (χ4n) is 1.43.